The second kappa shape index (κ2) is 5.66. The van der Waals surface area contributed by atoms with E-state index in [1.165, 1.54) is 0 Å². The Morgan fingerprint density at radius 3 is 2.81 bits per heavy atom. The van der Waals surface area contributed by atoms with Crippen molar-refractivity contribution in [1.82, 2.24) is 14.9 Å². The monoisotopic (exact) mass is 280 g/mol. The van der Waals surface area contributed by atoms with E-state index in [0.29, 0.717) is 12.1 Å². The number of nitrogens with zero attached hydrogens (tertiary/aromatic N) is 2. The number of rotatable bonds is 4. The fourth-order valence-electron chi connectivity index (χ4n) is 2.21. The molecule has 2 aromatic heterocycles. The first kappa shape index (κ1) is 13.2. The average Bonchev–Trinajstić information content (AvgIpc) is 2.93. The summed E-state index contributed by atoms with van der Waals surface area (Å²) in [6, 6.07) is 13.3. The number of nitrogens with one attached hydrogen (secondary N) is 1. The van der Waals surface area contributed by atoms with Crippen molar-refractivity contribution in [2.24, 2.45) is 0 Å². The molecule has 0 radical (unpaired) electrons. The lowest BCUT2D eigenvalue weighted by Crippen LogP contribution is -2.25. The summed E-state index contributed by atoms with van der Waals surface area (Å²) in [6.07, 6.45) is 4.18. The number of amides is 1. The van der Waals surface area contributed by atoms with Crippen LogP contribution in [0.3, 0.4) is 0 Å². The van der Waals surface area contributed by atoms with Gasteiger partial charge in [-0.25, -0.2) is 4.52 Å². The Kier molecular flexibility index (Phi) is 3.55. The molecule has 106 valence electrons. The number of nitrogen functional groups attached to an aromatic ring is 1. The lowest BCUT2D eigenvalue weighted by atomic mass is 10.1. The summed E-state index contributed by atoms with van der Waals surface area (Å²) in [5.41, 5.74) is 8.93. The van der Waals surface area contributed by atoms with E-state index in [0.717, 1.165) is 23.2 Å². The Morgan fingerprint density at radius 2 is 2.00 bits per heavy atom. The fraction of sp³-hybridized carbons (Fsp3) is 0.125. The number of nitrogens with two attached hydrogens (primary N) is 1. The van der Waals surface area contributed by atoms with E-state index in [4.69, 9.17) is 5.73 Å². The highest BCUT2D eigenvalue weighted by molar-refractivity contribution is 6.00. The van der Waals surface area contributed by atoms with Gasteiger partial charge >= 0.3 is 0 Å². The van der Waals surface area contributed by atoms with Gasteiger partial charge in [0.15, 0.2) is 0 Å². The van der Waals surface area contributed by atoms with Gasteiger partial charge in [-0.2, -0.15) is 5.10 Å². The molecular weight excluding hydrogens is 264 g/mol. The molecule has 3 aromatic rings. The van der Waals surface area contributed by atoms with Gasteiger partial charge < -0.3 is 11.1 Å². The molecule has 5 heteroatoms. The molecule has 0 saturated heterocycles. The number of carbonyl (C=O) groups excluding carboxylic acids is 1. The highest BCUT2D eigenvalue weighted by Gasteiger charge is 2.11. The minimum atomic E-state index is -0.105. The maximum atomic E-state index is 12.2. The van der Waals surface area contributed by atoms with E-state index in [1.807, 2.05) is 48.7 Å². The molecule has 0 saturated carbocycles. The quantitative estimate of drug-likeness (QED) is 0.717. The summed E-state index contributed by atoms with van der Waals surface area (Å²) >= 11 is 0. The standard InChI is InChI=1S/C16H16N4O/c17-13-6-4-12(5-7-13)8-9-18-16(21)14-11-19-20-10-2-1-3-15(14)20/h1-7,10-11H,8-9,17H2,(H,18,21). The lowest BCUT2D eigenvalue weighted by Gasteiger charge is -2.05. The average molecular weight is 280 g/mol. The van der Waals surface area contributed by atoms with Gasteiger partial charge in [0.05, 0.1) is 17.3 Å². The highest BCUT2D eigenvalue weighted by atomic mass is 16.1. The Hall–Kier alpha value is -2.82. The first-order valence-electron chi connectivity index (χ1n) is 6.79. The second-order valence-electron chi connectivity index (χ2n) is 4.84. The van der Waals surface area contributed by atoms with Gasteiger partial charge in [0, 0.05) is 18.4 Å². The van der Waals surface area contributed by atoms with Crippen molar-refractivity contribution in [3.63, 3.8) is 0 Å². The molecule has 0 fully saturated rings. The van der Waals surface area contributed by atoms with Gasteiger partial charge in [-0.1, -0.05) is 18.2 Å². The Morgan fingerprint density at radius 1 is 1.19 bits per heavy atom. The van der Waals surface area contributed by atoms with E-state index in [-0.39, 0.29) is 5.91 Å². The zero-order valence-corrected chi connectivity index (χ0v) is 11.5. The van der Waals surface area contributed by atoms with Gasteiger partial charge in [-0.15, -0.1) is 0 Å². The van der Waals surface area contributed by atoms with Gasteiger partial charge in [0.1, 0.15) is 0 Å². The van der Waals surface area contributed by atoms with E-state index in [1.54, 1.807) is 10.7 Å². The number of hydrogen-bond acceptors (Lipinski definition) is 3. The third-order valence-corrected chi connectivity index (χ3v) is 3.35. The zero-order valence-electron chi connectivity index (χ0n) is 11.5. The summed E-state index contributed by atoms with van der Waals surface area (Å²) in [5, 5.41) is 7.07. The highest BCUT2D eigenvalue weighted by Crippen LogP contribution is 2.10. The van der Waals surface area contributed by atoms with Crippen molar-refractivity contribution in [1.29, 1.82) is 0 Å². The van der Waals surface area contributed by atoms with Crippen molar-refractivity contribution in [2.45, 2.75) is 6.42 Å². The summed E-state index contributed by atoms with van der Waals surface area (Å²) in [6.45, 7) is 0.576. The molecule has 1 aromatic carbocycles. The maximum absolute atomic E-state index is 12.2. The van der Waals surface area contributed by atoms with Crippen LogP contribution in [-0.2, 0) is 6.42 Å². The topological polar surface area (TPSA) is 72.4 Å². The minimum Gasteiger partial charge on any atom is -0.399 e. The molecule has 3 N–H and O–H groups in total. The predicted octanol–water partition coefficient (Wildman–Crippen LogP) is 1.89. The number of hydrogen-bond donors (Lipinski definition) is 2. The number of aromatic nitrogens is 2. The van der Waals surface area contributed by atoms with Crippen LogP contribution < -0.4 is 11.1 Å². The summed E-state index contributed by atoms with van der Waals surface area (Å²) < 4.78 is 1.69. The molecular formula is C16H16N4O. The smallest absolute Gasteiger partial charge is 0.255 e. The van der Waals surface area contributed by atoms with E-state index in [2.05, 4.69) is 10.4 Å². The second-order valence-corrected chi connectivity index (χ2v) is 4.84. The van der Waals surface area contributed by atoms with Crippen molar-refractivity contribution >= 4 is 17.1 Å². The van der Waals surface area contributed by atoms with Gasteiger partial charge in [-0.3, -0.25) is 4.79 Å². The van der Waals surface area contributed by atoms with Crippen LogP contribution in [-0.4, -0.2) is 22.1 Å². The van der Waals surface area contributed by atoms with Crippen molar-refractivity contribution in [2.75, 3.05) is 12.3 Å². The van der Waals surface area contributed by atoms with E-state index >= 15 is 0 Å². The van der Waals surface area contributed by atoms with Crippen LogP contribution in [0.4, 0.5) is 5.69 Å². The van der Waals surface area contributed by atoms with Gasteiger partial charge in [0.25, 0.3) is 5.91 Å². The molecule has 2 heterocycles. The van der Waals surface area contributed by atoms with Crippen molar-refractivity contribution < 1.29 is 4.79 Å². The summed E-state index contributed by atoms with van der Waals surface area (Å²) in [5.74, 6) is -0.105. The third kappa shape index (κ3) is 2.86. The maximum Gasteiger partial charge on any atom is 0.255 e. The Labute approximate surface area is 122 Å². The van der Waals surface area contributed by atoms with Crippen LogP contribution in [0.1, 0.15) is 15.9 Å². The zero-order chi connectivity index (χ0) is 14.7. The van der Waals surface area contributed by atoms with Crippen LogP contribution in [0.5, 0.6) is 0 Å². The van der Waals surface area contributed by atoms with Gasteiger partial charge in [0.2, 0.25) is 0 Å². The molecule has 0 atom stereocenters. The largest absolute Gasteiger partial charge is 0.399 e. The van der Waals surface area contributed by atoms with Crippen molar-refractivity contribution in [3.8, 4) is 0 Å². The van der Waals surface area contributed by atoms with E-state index < -0.39 is 0 Å². The van der Waals surface area contributed by atoms with Crippen LogP contribution in [0.25, 0.3) is 5.52 Å². The first-order valence-corrected chi connectivity index (χ1v) is 6.79. The molecule has 3 rings (SSSR count). The molecule has 21 heavy (non-hydrogen) atoms. The lowest BCUT2D eigenvalue weighted by molar-refractivity contribution is 0.0956. The molecule has 1 amide bonds. The Balaban J connectivity index is 1.63. The molecule has 0 spiro atoms. The molecule has 0 unspecified atom stereocenters. The number of fused-ring (bicyclic) bond motifs is 1. The number of benzene rings is 1. The molecule has 0 aliphatic heterocycles. The number of carbonyl (C=O) groups is 1. The minimum absolute atomic E-state index is 0.105. The molecule has 0 bridgehead atoms. The van der Waals surface area contributed by atoms with Gasteiger partial charge in [-0.05, 0) is 36.2 Å². The number of pyridine rings is 1. The normalized spacial score (nSPS) is 10.7. The van der Waals surface area contributed by atoms with Crippen LogP contribution in [0.2, 0.25) is 0 Å². The SMILES string of the molecule is Nc1ccc(CCNC(=O)c2cnn3ccccc23)cc1. The Bertz CT molecular complexity index is 761. The predicted molar refractivity (Wildman–Crippen MR) is 82.1 cm³/mol. The van der Waals surface area contributed by atoms with E-state index in [9.17, 15) is 4.79 Å². The van der Waals surface area contributed by atoms with Crippen LogP contribution in [0.15, 0.2) is 54.9 Å². The summed E-state index contributed by atoms with van der Waals surface area (Å²) in [4.78, 5) is 12.2. The summed E-state index contributed by atoms with van der Waals surface area (Å²) in [7, 11) is 0. The third-order valence-electron chi connectivity index (χ3n) is 3.35. The van der Waals surface area contributed by atoms with Crippen molar-refractivity contribution in [3.05, 3.63) is 66.0 Å². The fourth-order valence-corrected chi connectivity index (χ4v) is 2.21. The number of anilines is 1. The molecule has 0 aliphatic carbocycles. The van der Waals surface area contributed by atoms with Crippen LogP contribution in [0, 0.1) is 0 Å². The first-order chi connectivity index (χ1) is 10.2. The van der Waals surface area contributed by atoms with Crippen LogP contribution >= 0.6 is 0 Å². The molecule has 5 nitrogen and oxygen atoms in total. The molecule has 0 aliphatic rings.